The van der Waals surface area contributed by atoms with Crippen molar-refractivity contribution in [2.75, 3.05) is 27.8 Å². The highest BCUT2D eigenvalue weighted by atomic mass is 16.5. The summed E-state index contributed by atoms with van der Waals surface area (Å²) >= 11 is 0. The number of aliphatic hydroxyl groups is 1. The minimum atomic E-state index is -0.808. The third kappa shape index (κ3) is 5.24. The van der Waals surface area contributed by atoms with Crippen molar-refractivity contribution in [2.24, 2.45) is 0 Å². The number of carbonyl (C=O) groups excluding carboxylic acids is 1. The molecule has 24 heavy (non-hydrogen) atoms. The van der Waals surface area contributed by atoms with Crippen molar-refractivity contribution in [3.63, 3.8) is 0 Å². The fraction of sp³-hybridized carbons (Fsp3) is 0.333. The standard InChI is InChI=1S/C14H14O3.C4H9NO2/c1-9(14(15)16)10-3-4-12-8-13(17-2)6-5-11(12)7-10;1-5(2)4(7)3-6/h3-9H,1-2H3,(H,15,16);6H,3H2,1-2H3/t9-;/m0./s1. The van der Waals surface area contributed by atoms with Gasteiger partial charge in [0.2, 0.25) is 5.91 Å². The lowest BCUT2D eigenvalue weighted by atomic mass is 9.98. The number of methoxy groups -OCH3 is 1. The molecule has 2 aromatic rings. The molecule has 0 aliphatic heterocycles. The van der Waals surface area contributed by atoms with E-state index in [0.29, 0.717) is 0 Å². The Morgan fingerprint density at radius 3 is 2.17 bits per heavy atom. The Morgan fingerprint density at radius 1 is 1.12 bits per heavy atom. The van der Waals surface area contributed by atoms with Gasteiger partial charge in [0.15, 0.2) is 0 Å². The monoisotopic (exact) mass is 333 g/mol. The molecule has 0 heterocycles. The number of likely N-dealkylation sites (N-methyl/N-ethyl adjacent to an activating group) is 1. The molecule has 1 atom stereocenters. The molecule has 0 fully saturated rings. The van der Waals surface area contributed by atoms with Gasteiger partial charge < -0.3 is 19.8 Å². The van der Waals surface area contributed by atoms with Crippen LogP contribution in [0.25, 0.3) is 10.8 Å². The number of nitrogens with zero attached hydrogens (tertiary/aromatic N) is 1. The van der Waals surface area contributed by atoms with E-state index < -0.39 is 18.5 Å². The van der Waals surface area contributed by atoms with Crippen LogP contribution in [0.5, 0.6) is 5.75 Å². The van der Waals surface area contributed by atoms with Crippen LogP contribution in [0.15, 0.2) is 36.4 Å². The Balaban J connectivity index is 0.000000351. The van der Waals surface area contributed by atoms with E-state index in [2.05, 4.69) is 0 Å². The lowest BCUT2D eigenvalue weighted by Gasteiger charge is -2.08. The second-order valence-corrected chi connectivity index (χ2v) is 5.48. The largest absolute Gasteiger partial charge is 0.497 e. The van der Waals surface area contributed by atoms with Crippen LogP contribution in [0.4, 0.5) is 0 Å². The molecule has 2 rings (SSSR count). The lowest BCUT2D eigenvalue weighted by Crippen LogP contribution is -2.24. The quantitative estimate of drug-likeness (QED) is 0.895. The van der Waals surface area contributed by atoms with Crippen molar-refractivity contribution >= 4 is 22.6 Å². The molecular formula is C18H23NO5. The van der Waals surface area contributed by atoms with E-state index in [1.54, 1.807) is 28.1 Å². The van der Waals surface area contributed by atoms with Crippen LogP contribution in [0.2, 0.25) is 0 Å². The van der Waals surface area contributed by atoms with Gasteiger partial charge in [0.05, 0.1) is 13.0 Å². The molecule has 130 valence electrons. The first-order chi connectivity index (χ1) is 11.3. The van der Waals surface area contributed by atoms with Gasteiger partial charge in [-0.1, -0.05) is 24.3 Å². The molecule has 0 spiro atoms. The Hall–Kier alpha value is -2.60. The fourth-order valence-corrected chi connectivity index (χ4v) is 1.92. The average Bonchev–Trinajstić information content (AvgIpc) is 2.59. The fourth-order valence-electron chi connectivity index (χ4n) is 1.92. The number of carboxylic acids is 1. The van der Waals surface area contributed by atoms with Gasteiger partial charge in [0, 0.05) is 14.1 Å². The van der Waals surface area contributed by atoms with Gasteiger partial charge in [0.1, 0.15) is 12.4 Å². The van der Waals surface area contributed by atoms with E-state index in [9.17, 15) is 9.59 Å². The van der Waals surface area contributed by atoms with Crippen molar-refractivity contribution in [1.82, 2.24) is 4.90 Å². The predicted molar refractivity (Wildman–Crippen MR) is 92.3 cm³/mol. The summed E-state index contributed by atoms with van der Waals surface area (Å²) in [4.78, 5) is 22.4. The Morgan fingerprint density at radius 2 is 1.71 bits per heavy atom. The Kier molecular flexibility index (Phi) is 7.20. The van der Waals surface area contributed by atoms with E-state index in [1.165, 1.54) is 4.90 Å². The Bertz CT molecular complexity index is 712. The van der Waals surface area contributed by atoms with Gasteiger partial charge in [-0.05, 0) is 35.4 Å². The first-order valence-corrected chi connectivity index (χ1v) is 7.41. The lowest BCUT2D eigenvalue weighted by molar-refractivity contribution is -0.138. The summed E-state index contributed by atoms with van der Waals surface area (Å²) in [5.74, 6) is -0.754. The molecule has 0 aliphatic carbocycles. The van der Waals surface area contributed by atoms with Crippen LogP contribution < -0.4 is 4.74 Å². The maximum atomic E-state index is 10.9. The molecule has 0 bridgehead atoms. The molecular weight excluding hydrogens is 310 g/mol. The molecule has 0 saturated heterocycles. The van der Waals surface area contributed by atoms with Crippen molar-refractivity contribution in [3.8, 4) is 5.75 Å². The SMILES string of the molecule is CN(C)C(=O)CO.COc1ccc2cc([C@H](C)C(=O)O)ccc2c1. The zero-order valence-corrected chi connectivity index (χ0v) is 14.3. The molecule has 0 aliphatic rings. The first kappa shape index (κ1) is 19.4. The third-order valence-corrected chi connectivity index (χ3v) is 3.58. The van der Waals surface area contributed by atoms with Crippen LogP contribution in [-0.2, 0) is 9.59 Å². The predicted octanol–water partition coefficient (Wildman–Crippen LogP) is 2.10. The van der Waals surface area contributed by atoms with Crippen molar-refractivity contribution in [2.45, 2.75) is 12.8 Å². The van der Waals surface area contributed by atoms with E-state index in [1.807, 2.05) is 36.4 Å². The normalized spacial score (nSPS) is 11.2. The maximum Gasteiger partial charge on any atom is 0.310 e. The number of fused-ring (bicyclic) bond motifs is 1. The summed E-state index contributed by atoms with van der Waals surface area (Å²) in [6, 6.07) is 11.4. The van der Waals surface area contributed by atoms with Crippen LogP contribution in [0.3, 0.4) is 0 Å². The molecule has 0 radical (unpaired) electrons. The highest BCUT2D eigenvalue weighted by molar-refractivity contribution is 5.86. The molecule has 0 unspecified atom stereocenters. The van der Waals surface area contributed by atoms with E-state index in [0.717, 1.165) is 22.1 Å². The maximum absolute atomic E-state index is 10.9. The topological polar surface area (TPSA) is 87.1 Å². The zero-order valence-electron chi connectivity index (χ0n) is 14.3. The van der Waals surface area contributed by atoms with Crippen LogP contribution in [-0.4, -0.2) is 54.8 Å². The third-order valence-electron chi connectivity index (χ3n) is 3.58. The smallest absolute Gasteiger partial charge is 0.310 e. The van der Waals surface area contributed by atoms with Gasteiger partial charge in [-0.25, -0.2) is 0 Å². The second-order valence-electron chi connectivity index (χ2n) is 5.48. The number of aliphatic hydroxyl groups excluding tert-OH is 1. The summed E-state index contributed by atoms with van der Waals surface area (Å²) < 4.78 is 5.14. The van der Waals surface area contributed by atoms with Gasteiger partial charge in [-0.15, -0.1) is 0 Å². The van der Waals surface area contributed by atoms with Gasteiger partial charge in [-0.3, -0.25) is 9.59 Å². The van der Waals surface area contributed by atoms with E-state index >= 15 is 0 Å². The van der Waals surface area contributed by atoms with Crippen molar-refractivity contribution in [1.29, 1.82) is 0 Å². The molecule has 6 nitrogen and oxygen atoms in total. The van der Waals surface area contributed by atoms with Gasteiger partial charge in [-0.2, -0.15) is 0 Å². The van der Waals surface area contributed by atoms with E-state index in [4.69, 9.17) is 14.9 Å². The molecule has 6 heteroatoms. The minimum Gasteiger partial charge on any atom is -0.497 e. The number of benzene rings is 2. The number of carbonyl (C=O) groups is 2. The highest BCUT2D eigenvalue weighted by Crippen LogP contribution is 2.25. The molecule has 0 saturated carbocycles. The second kappa shape index (κ2) is 8.88. The summed E-state index contributed by atoms with van der Waals surface area (Å²) in [5.41, 5.74) is 0.815. The molecule has 1 amide bonds. The Labute approximate surface area is 141 Å². The molecule has 2 aromatic carbocycles. The van der Waals surface area contributed by atoms with Crippen LogP contribution >= 0.6 is 0 Å². The number of hydrogen-bond acceptors (Lipinski definition) is 4. The number of ether oxygens (including phenoxy) is 1. The zero-order chi connectivity index (χ0) is 18.3. The number of rotatable bonds is 4. The van der Waals surface area contributed by atoms with Crippen LogP contribution in [0.1, 0.15) is 18.4 Å². The van der Waals surface area contributed by atoms with Crippen molar-refractivity contribution in [3.05, 3.63) is 42.0 Å². The van der Waals surface area contributed by atoms with Gasteiger partial charge >= 0.3 is 5.97 Å². The minimum absolute atomic E-state index is 0.264. The molecule has 2 N–H and O–H groups in total. The summed E-state index contributed by atoms with van der Waals surface area (Å²) in [7, 11) is 4.82. The van der Waals surface area contributed by atoms with Crippen molar-refractivity contribution < 1.29 is 24.5 Å². The highest BCUT2D eigenvalue weighted by Gasteiger charge is 2.13. The molecule has 0 aromatic heterocycles. The summed E-state index contributed by atoms with van der Waals surface area (Å²) in [6.45, 7) is 1.29. The first-order valence-electron chi connectivity index (χ1n) is 7.41. The van der Waals surface area contributed by atoms with Crippen LogP contribution in [0, 0.1) is 0 Å². The number of carboxylic acid groups (broad SMARTS) is 1. The van der Waals surface area contributed by atoms with E-state index in [-0.39, 0.29) is 5.91 Å². The number of aliphatic carboxylic acids is 1. The number of hydrogen-bond donors (Lipinski definition) is 2. The van der Waals surface area contributed by atoms with Gasteiger partial charge in [0.25, 0.3) is 0 Å². The average molecular weight is 333 g/mol. The summed E-state index contributed by atoms with van der Waals surface area (Å²) in [5, 5.41) is 19.2. The number of amides is 1. The summed E-state index contributed by atoms with van der Waals surface area (Å²) in [6.07, 6.45) is 0.